The smallest absolute Gasteiger partial charge is 0.222 e. The van der Waals surface area contributed by atoms with Gasteiger partial charge in [0.1, 0.15) is 0 Å². The van der Waals surface area contributed by atoms with Crippen LogP contribution in [-0.4, -0.2) is 50.3 Å². The molecule has 1 saturated heterocycles. The SMILES string of the molecule is O=C(CCc1nnn2c1CN(Cc1cc(F)c(F)c(F)c1)CC2)N1CCCC1. The molecule has 1 aromatic carbocycles. The first kappa shape index (κ1) is 18.9. The van der Waals surface area contributed by atoms with Gasteiger partial charge < -0.3 is 4.90 Å². The molecular weight excluding hydrogens is 371 g/mol. The van der Waals surface area contributed by atoms with Crippen molar-refractivity contribution < 1.29 is 18.0 Å². The molecule has 9 heteroatoms. The molecule has 0 N–H and O–H groups in total. The number of amides is 1. The van der Waals surface area contributed by atoms with Crippen molar-refractivity contribution in [1.82, 2.24) is 24.8 Å². The van der Waals surface area contributed by atoms with Crippen LogP contribution in [-0.2, 0) is 30.8 Å². The number of benzene rings is 1. The van der Waals surface area contributed by atoms with Gasteiger partial charge in [-0.1, -0.05) is 5.21 Å². The first-order valence-electron chi connectivity index (χ1n) is 9.56. The molecule has 0 unspecified atom stereocenters. The summed E-state index contributed by atoms with van der Waals surface area (Å²) in [6.45, 7) is 3.72. The predicted octanol–water partition coefficient (Wildman–Crippen LogP) is 2.27. The molecular formula is C19H22F3N5O. The van der Waals surface area contributed by atoms with Gasteiger partial charge in [-0.2, -0.15) is 0 Å². The monoisotopic (exact) mass is 393 g/mol. The van der Waals surface area contributed by atoms with Crippen LogP contribution in [0.2, 0.25) is 0 Å². The van der Waals surface area contributed by atoms with E-state index in [1.807, 2.05) is 14.5 Å². The standard InChI is InChI=1S/C19H22F3N5O/c20-14-9-13(10-15(21)19(14)22)11-25-7-8-27-17(12-25)16(23-24-27)3-4-18(28)26-5-1-2-6-26/h9-10H,1-8,11-12H2. The van der Waals surface area contributed by atoms with Crippen molar-refractivity contribution in [2.45, 2.75) is 45.3 Å². The Morgan fingerprint density at radius 3 is 2.46 bits per heavy atom. The summed E-state index contributed by atoms with van der Waals surface area (Å²) in [5.74, 6) is -3.67. The van der Waals surface area contributed by atoms with Crippen LogP contribution in [0.5, 0.6) is 0 Å². The molecule has 2 aliphatic rings. The van der Waals surface area contributed by atoms with Gasteiger partial charge in [0.15, 0.2) is 17.5 Å². The molecule has 4 rings (SSSR count). The highest BCUT2D eigenvalue weighted by Crippen LogP contribution is 2.21. The van der Waals surface area contributed by atoms with Crippen molar-refractivity contribution in [3.8, 4) is 0 Å². The van der Waals surface area contributed by atoms with Crippen molar-refractivity contribution in [3.05, 3.63) is 46.5 Å². The van der Waals surface area contributed by atoms with Crippen molar-refractivity contribution in [2.75, 3.05) is 19.6 Å². The lowest BCUT2D eigenvalue weighted by molar-refractivity contribution is -0.130. The summed E-state index contributed by atoms with van der Waals surface area (Å²) in [6, 6.07) is 2.05. The van der Waals surface area contributed by atoms with Gasteiger partial charge in [-0.15, -0.1) is 5.10 Å². The molecule has 0 radical (unpaired) electrons. The summed E-state index contributed by atoms with van der Waals surface area (Å²) < 4.78 is 41.9. The number of fused-ring (bicyclic) bond motifs is 1. The molecule has 1 fully saturated rings. The Kier molecular flexibility index (Phi) is 5.34. The summed E-state index contributed by atoms with van der Waals surface area (Å²) in [6.07, 6.45) is 3.05. The first-order chi connectivity index (χ1) is 13.5. The third-order valence-corrected chi connectivity index (χ3v) is 5.40. The van der Waals surface area contributed by atoms with Crippen LogP contribution < -0.4 is 0 Å². The largest absolute Gasteiger partial charge is 0.343 e. The van der Waals surface area contributed by atoms with E-state index in [-0.39, 0.29) is 5.91 Å². The number of carbonyl (C=O) groups excluding carboxylic acids is 1. The maximum absolute atomic E-state index is 13.5. The van der Waals surface area contributed by atoms with E-state index < -0.39 is 17.5 Å². The summed E-state index contributed by atoms with van der Waals surface area (Å²) in [7, 11) is 0. The Balaban J connectivity index is 1.40. The Hall–Kier alpha value is -2.42. The van der Waals surface area contributed by atoms with Crippen molar-refractivity contribution in [1.29, 1.82) is 0 Å². The van der Waals surface area contributed by atoms with Gasteiger partial charge in [-0.3, -0.25) is 9.69 Å². The zero-order valence-corrected chi connectivity index (χ0v) is 15.5. The van der Waals surface area contributed by atoms with Gasteiger partial charge in [0.05, 0.1) is 17.9 Å². The van der Waals surface area contributed by atoms with E-state index in [9.17, 15) is 18.0 Å². The number of carbonyl (C=O) groups is 1. The van der Waals surface area contributed by atoms with E-state index in [1.54, 1.807) is 0 Å². The highest BCUT2D eigenvalue weighted by Gasteiger charge is 2.24. The Morgan fingerprint density at radius 1 is 1.04 bits per heavy atom. The normalized spacial score (nSPS) is 17.2. The molecule has 2 aromatic rings. The number of halogens is 3. The summed E-state index contributed by atoms with van der Waals surface area (Å²) in [4.78, 5) is 16.2. The van der Waals surface area contributed by atoms with E-state index in [4.69, 9.17) is 0 Å². The predicted molar refractivity (Wildman–Crippen MR) is 94.6 cm³/mol. The number of nitrogens with zero attached hydrogens (tertiary/aromatic N) is 5. The first-order valence-corrected chi connectivity index (χ1v) is 9.56. The summed E-state index contributed by atoms with van der Waals surface area (Å²) in [5, 5.41) is 8.38. The average molecular weight is 393 g/mol. The average Bonchev–Trinajstić information content (AvgIpc) is 3.34. The topological polar surface area (TPSA) is 54.3 Å². The van der Waals surface area contributed by atoms with Crippen molar-refractivity contribution >= 4 is 5.91 Å². The minimum atomic E-state index is -1.45. The fourth-order valence-electron chi connectivity index (χ4n) is 3.88. The van der Waals surface area contributed by atoms with Gasteiger partial charge in [0.2, 0.25) is 5.91 Å². The van der Waals surface area contributed by atoms with Gasteiger partial charge in [0.25, 0.3) is 0 Å². The van der Waals surface area contributed by atoms with E-state index in [2.05, 4.69) is 10.3 Å². The number of hydrogen-bond donors (Lipinski definition) is 0. The van der Waals surface area contributed by atoms with Crippen LogP contribution in [0.25, 0.3) is 0 Å². The molecule has 6 nitrogen and oxygen atoms in total. The molecule has 3 heterocycles. The zero-order valence-electron chi connectivity index (χ0n) is 15.5. The molecule has 0 aliphatic carbocycles. The minimum Gasteiger partial charge on any atom is -0.343 e. The molecule has 0 atom stereocenters. The van der Waals surface area contributed by atoms with Gasteiger partial charge in [-0.25, -0.2) is 17.9 Å². The van der Waals surface area contributed by atoms with Gasteiger partial charge >= 0.3 is 0 Å². The van der Waals surface area contributed by atoms with E-state index in [1.165, 1.54) is 0 Å². The fourth-order valence-corrected chi connectivity index (χ4v) is 3.88. The second kappa shape index (κ2) is 7.90. The molecule has 1 aromatic heterocycles. The van der Waals surface area contributed by atoms with Crippen LogP contribution in [0, 0.1) is 17.5 Å². The van der Waals surface area contributed by atoms with Crippen molar-refractivity contribution in [3.63, 3.8) is 0 Å². The van der Waals surface area contributed by atoms with E-state index in [0.717, 1.165) is 49.5 Å². The number of aryl methyl sites for hydroxylation is 1. The molecule has 1 amide bonds. The molecule has 0 saturated carbocycles. The maximum atomic E-state index is 13.5. The third-order valence-electron chi connectivity index (χ3n) is 5.40. The Bertz CT molecular complexity index is 855. The molecule has 2 aliphatic heterocycles. The Labute approximate surface area is 160 Å². The second-order valence-corrected chi connectivity index (χ2v) is 7.38. The lowest BCUT2D eigenvalue weighted by atomic mass is 10.1. The van der Waals surface area contributed by atoms with Crippen LogP contribution in [0.4, 0.5) is 13.2 Å². The van der Waals surface area contributed by atoms with E-state index in [0.29, 0.717) is 44.6 Å². The maximum Gasteiger partial charge on any atom is 0.222 e. The van der Waals surface area contributed by atoms with Crippen LogP contribution in [0.3, 0.4) is 0 Å². The minimum absolute atomic E-state index is 0.143. The number of rotatable bonds is 5. The quantitative estimate of drug-likeness (QED) is 0.732. The summed E-state index contributed by atoms with van der Waals surface area (Å²) >= 11 is 0. The molecule has 28 heavy (non-hydrogen) atoms. The van der Waals surface area contributed by atoms with Crippen molar-refractivity contribution in [2.24, 2.45) is 0 Å². The lowest BCUT2D eigenvalue weighted by Crippen LogP contribution is -2.34. The summed E-state index contributed by atoms with van der Waals surface area (Å²) in [5.41, 5.74) is 2.08. The number of likely N-dealkylation sites (tertiary alicyclic amines) is 1. The lowest BCUT2D eigenvalue weighted by Gasteiger charge is -2.27. The van der Waals surface area contributed by atoms with Gasteiger partial charge in [0, 0.05) is 45.6 Å². The Morgan fingerprint density at radius 2 is 1.75 bits per heavy atom. The number of hydrogen-bond acceptors (Lipinski definition) is 4. The van der Waals surface area contributed by atoms with Crippen LogP contribution >= 0.6 is 0 Å². The third kappa shape index (κ3) is 3.89. The second-order valence-electron chi connectivity index (χ2n) is 7.38. The highest BCUT2D eigenvalue weighted by molar-refractivity contribution is 5.76. The zero-order chi connectivity index (χ0) is 19.7. The van der Waals surface area contributed by atoms with Crippen LogP contribution in [0.1, 0.15) is 36.2 Å². The highest BCUT2D eigenvalue weighted by atomic mass is 19.2. The molecule has 0 bridgehead atoms. The molecule has 0 spiro atoms. The molecule has 150 valence electrons. The van der Waals surface area contributed by atoms with E-state index >= 15 is 0 Å². The number of aromatic nitrogens is 3. The van der Waals surface area contributed by atoms with Gasteiger partial charge in [-0.05, 0) is 30.5 Å². The van der Waals surface area contributed by atoms with Crippen LogP contribution in [0.15, 0.2) is 12.1 Å². The fraction of sp³-hybridized carbons (Fsp3) is 0.526.